The quantitative estimate of drug-likeness (QED) is 0.641. The van der Waals surface area contributed by atoms with Crippen LogP contribution in [0.1, 0.15) is 17.2 Å². The molecule has 0 heterocycles. The third kappa shape index (κ3) is 3.30. The van der Waals surface area contributed by atoms with Gasteiger partial charge in [-0.25, -0.2) is 4.39 Å². The zero-order chi connectivity index (χ0) is 13.7. The fourth-order valence-corrected chi connectivity index (χ4v) is 2.05. The lowest BCUT2D eigenvalue weighted by Gasteiger charge is -2.17. The topological polar surface area (TPSA) is 47.3 Å². The van der Waals surface area contributed by atoms with E-state index in [1.165, 1.54) is 6.07 Å². The largest absolute Gasteiger partial charge is 0.497 e. The Balaban J connectivity index is 2.21. The summed E-state index contributed by atoms with van der Waals surface area (Å²) in [7, 11) is 1.62. The summed E-state index contributed by atoms with van der Waals surface area (Å²) in [6, 6.07) is 14.0. The highest BCUT2D eigenvalue weighted by molar-refractivity contribution is 5.31. The van der Waals surface area contributed by atoms with Crippen molar-refractivity contribution in [3.63, 3.8) is 0 Å². The summed E-state index contributed by atoms with van der Waals surface area (Å²) in [5.74, 6) is 6.07. The third-order valence-electron chi connectivity index (χ3n) is 3.06. The molecule has 3 nitrogen and oxygen atoms in total. The molecule has 0 aliphatic heterocycles. The summed E-state index contributed by atoms with van der Waals surface area (Å²) >= 11 is 0. The Morgan fingerprint density at radius 1 is 1.21 bits per heavy atom. The highest BCUT2D eigenvalue weighted by atomic mass is 19.1. The predicted octanol–water partition coefficient (Wildman–Crippen LogP) is 2.58. The number of nitrogens with two attached hydrogens (primary N) is 1. The van der Waals surface area contributed by atoms with E-state index in [1.807, 2.05) is 24.3 Å². The Hall–Kier alpha value is -1.91. The standard InChI is InChI=1S/C15H17FN2O/c1-19-12-6-4-5-11(9-12)10-15(18-17)13-7-2-3-8-14(13)16/h2-9,15,18H,10,17H2,1H3. The summed E-state index contributed by atoms with van der Waals surface area (Å²) in [6.07, 6.45) is 0.592. The summed E-state index contributed by atoms with van der Waals surface area (Å²) in [4.78, 5) is 0. The second-order valence-electron chi connectivity index (χ2n) is 4.30. The van der Waals surface area contributed by atoms with E-state index in [1.54, 1.807) is 25.3 Å². The Morgan fingerprint density at radius 3 is 2.68 bits per heavy atom. The minimum Gasteiger partial charge on any atom is -0.497 e. The fraction of sp³-hybridized carbons (Fsp3) is 0.200. The first-order chi connectivity index (χ1) is 9.24. The lowest BCUT2D eigenvalue weighted by molar-refractivity contribution is 0.413. The Morgan fingerprint density at radius 2 is 2.00 bits per heavy atom. The first-order valence-electron chi connectivity index (χ1n) is 6.08. The second-order valence-corrected chi connectivity index (χ2v) is 4.30. The van der Waals surface area contributed by atoms with Gasteiger partial charge in [0.15, 0.2) is 0 Å². The van der Waals surface area contributed by atoms with E-state index in [0.717, 1.165) is 11.3 Å². The predicted molar refractivity (Wildman–Crippen MR) is 73.2 cm³/mol. The van der Waals surface area contributed by atoms with Crippen LogP contribution in [0.4, 0.5) is 4.39 Å². The number of methoxy groups -OCH3 is 1. The van der Waals surface area contributed by atoms with Crippen LogP contribution < -0.4 is 16.0 Å². The van der Waals surface area contributed by atoms with Gasteiger partial charge < -0.3 is 4.74 Å². The van der Waals surface area contributed by atoms with Crippen molar-refractivity contribution < 1.29 is 9.13 Å². The molecule has 0 bridgehead atoms. The molecule has 1 unspecified atom stereocenters. The van der Waals surface area contributed by atoms with Crippen LogP contribution in [0.2, 0.25) is 0 Å². The third-order valence-corrected chi connectivity index (χ3v) is 3.06. The van der Waals surface area contributed by atoms with Crippen LogP contribution in [-0.2, 0) is 6.42 Å². The molecule has 0 spiro atoms. The maximum absolute atomic E-state index is 13.8. The first-order valence-corrected chi connectivity index (χ1v) is 6.08. The van der Waals surface area contributed by atoms with E-state index < -0.39 is 0 Å². The van der Waals surface area contributed by atoms with Crippen LogP contribution in [0.15, 0.2) is 48.5 Å². The number of halogens is 1. The number of ether oxygens (including phenoxy) is 1. The zero-order valence-corrected chi connectivity index (χ0v) is 10.8. The molecule has 0 fully saturated rings. The van der Waals surface area contributed by atoms with Gasteiger partial charge >= 0.3 is 0 Å². The van der Waals surface area contributed by atoms with Gasteiger partial charge in [-0.05, 0) is 30.2 Å². The summed E-state index contributed by atoms with van der Waals surface area (Å²) in [6.45, 7) is 0. The molecule has 19 heavy (non-hydrogen) atoms. The monoisotopic (exact) mass is 260 g/mol. The molecule has 100 valence electrons. The van der Waals surface area contributed by atoms with Crippen molar-refractivity contribution in [3.8, 4) is 5.75 Å². The molecule has 0 radical (unpaired) electrons. The molecular weight excluding hydrogens is 243 g/mol. The van der Waals surface area contributed by atoms with Crippen LogP contribution >= 0.6 is 0 Å². The van der Waals surface area contributed by atoms with Crippen molar-refractivity contribution in [2.24, 2.45) is 5.84 Å². The van der Waals surface area contributed by atoms with Gasteiger partial charge in [0.2, 0.25) is 0 Å². The Kier molecular flexibility index (Phi) is 4.49. The first kappa shape index (κ1) is 13.5. The number of hydrogen-bond acceptors (Lipinski definition) is 3. The lowest BCUT2D eigenvalue weighted by atomic mass is 9.99. The van der Waals surface area contributed by atoms with Crippen molar-refractivity contribution in [2.45, 2.75) is 12.5 Å². The zero-order valence-electron chi connectivity index (χ0n) is 10.8. The maximum atomic E-state index is 13.8. The van der Waals surface area contributed by atoms with Crippen LogP contribution in [0.25, 0.3) is 0 Å². The average molecular weight is 260 g/mol. The highest BCUT2D eigenvalue weighted by Gasteiger charge is 2.14. The van der Waals surface area contributed by atoms with Gasteiger partial charge in [-0.1, -0.05) is 30.3 Å². The van der Waals surface area contributed by atoms with Gasteiger partial charge in [0, 0.05) is 5.56 Å². The van der Waals surface area contributed by atoms with Crippen molar-refractivity contribution in [1.29, 1.82) is 0 Å². The van der Waals surface area contributed by atoms with E-state index >= 15 is 0 Å². The smallest absolute Gasteiger partial charge is 0.128 e. The Bertz CT molecular complexity index is 545. The van der Waals surface area contributed by atoms with E-state index in [-0.39, 0.29) is 11.9 Å². The molecule has 0 saturated heterocycles. The van der Waals surface area contributed by atoms with Crippen LogP contribution in [-0.4, -0.2) is 7.11 Å². The van der Waals surface area contributed by atoms with Gasteiger partial charge in [0.05, 0.1) is 13.2 Å². The fourth-order valence-electron chi connectivity index (χ4n) is 2.05. The molecule has 0 aromatic heterocycles. The van der Waals surface area contributed by atoms with Crippen LogP contribution in [0.3, 0.4) is 0 Å². The van der Waals surface area contributed by atoms with Gasteiger partial charge in [-0.3, -0.25) is 11.3 Å². The number of hydrogen-bond donors (Lipinski definition) is 2. The van der Waals surface area contributed by atoms with E-state index in [0.29, 0.717) is 12.0 Å². The van der Waals surface area contributed by atoms with Gasteiger partial charge in [-0.15, -0.1) is 0 Å². The minimum atomic E-state index is -0.270. The van der Waals surface area contributed by atoms with Crippen molar-refractivity contribution >= 4 is 0 Å². The molecule has 4 heteroatoms. The normalized spacial score (nSPS) is 12.2. The van der Waals surface area contributed by atoms with E-state index in [4.69, 9.17) is 10.6 Å². The lowest BCUT2D eigenvalue weighted by Crippen LogP contribution is -2.30. The molecule has 0 aliphatic rings. The number of benzene rings is 2. The van der Waals surface area contributed by atoms with E-state index in [9.17, 15) is 4.39 Å². The van der Waals surface area contributed by atoms with Crippen LogP contribution in [0.5, 0.6) is 5.75 Å². The minimum absolute atomic E-state index is 0.256. The van der Waals surface area contributed by atoms with Crippen molar-refractivity contribution in [2.75, 3.05) is 7.11 Å². The molecule has 0 amide bonds. The van der Waals surface area contributed by atoms with E-state index in [2.05, 4.69) is 5.43 Å². The van der Waals surface area contributed by atoms with Crippen molar-refractivity contribution in [3.05, 3.63) is 65.5 Å². The molecular formula is C15H17FN2O. The van der Waals surface area contributed by atoms with Crippen LogP contribution in [0, 0.1) is 5.82 Å². The number of rotatable bonds is 5. The summed E-state index contributed by atoms with van der Waals surface area (Å²) < 4.78 is 18.9. The molecule has 0 saturated carbocycles. The average Bonchev–Trinajstić information content (AvgIpc) is 2.46. The van der Waals surface area contributed by atoms with Gasteiger partial charge in [0.25, 0.3) is 0 Å². The Labute approximate surface area is 112 Å². The molecule has 1 atom stereocenters. The summed E-state index contributed by atoms with van der Waals surface area (Å²) in [5.41, 5.74) is 4.26. The highest BCUT2D eigenvalue weighted by Crippen LogP contribution is 2.22. The summed E-state index contributed by atoms with van der Waals surface area (Å²) in [5, 5.41) is 0. The molecule has 2 aromatic carbocycles. The van der Waals surface area contributed by atoms with Gasteiger partial charge in [0.1, 0.15) is 11.6 Å². The maximum Gasteiger partial charge on any atom is 0.128 e. The number of hydrazine groups is 1. The number of nitrogens with one attached hydrogen (secondary N) is 1. The molecule has 2 rings (SSSR count). The molecule has 0 aliphatic carbocycles. The van der Waals surface area contributed by atoms with Gasteiger partial charge in [-0.2, -0.15) is 0 Å². The van der Waals surface area contributed by atoms with Crippen molar-refractivity contribution in [1.82, 2.24) is 5.43 Å². The SMILES string of the molecule is COc1cccc(CC(NN)c2ccccc2F)c1. The second kappa shape index (κ2) is 6.31. The molecule has 3 N–H and O–H groups in total. The molecule has 2 aromatic rings.